The van der Waals surface area contributed by atoms with E-state index in [1.807, 2.05) is 0 Å². The highest BCUT2D eigenvalue weighted by molar-refractivity contribution is 5.69. The lowest BCUT2D eigenvalue weighted by Gasteiger charge is -2.51. The number of nitrogens with zero attached hydrogens (tertiary/aromatic N) is 1. The van der Waals surface area contributed by atoms with E-state index in [2.05, 4.69) is 25.2 Å². The molecule has 2 atom stereocenters. The van der Waals surface area contributed by atoms with E-state index in [0.29, 0.717) is 17.3 Å². The Labute approximate surface area is 108 Å². The van der Waals surface area contributed by atoms with Gasteiger partial charge >= 0.3 is 0 Å². The van der Waals surface area contributed by atoms with E-state index >= 15 is 0 Å². The van der Waals surface area contributed by atoms with Crippen molar-refractivity contribution < 1.29 is 4.74 Å². The van der Waals surface area contributed by atoms with Crippen LogP contribution in [-0.2, 0) is 4.74 Å². The van der Waals surface area contributed by atoms with Gasteiger partial charge in [-0.15, -0.1) is 0 Å². The molecule has 4 nitrogen and oxygen atoms in total. The van der Waals surface area contributed by atoms with Gasteiger partial charge in [-0.25, -0.2) is 0 Å². The lowest BCUT2D eigenvalue weighted by atomic mass is 9.64. The number of hydrogen-bond donors (Lipinski definition) is 2. The van der Waals surface area contributed by atoms with Gasteiger partial charge in [0.2, 0.25) is 0 Å². The molecule has 1 saturated carbocycles. The minimum atomic E-state index is 0.0733. The fourth-order valence-corrected chi connectivity index (χ4v) is 2.47. The zero-order chi connectivity index (χ0) is 13.3. The summed E-state index contributed by atoms with van der Waals surface area (Å²) in [6.07, 6.45) is 1.23. The van der Waals surface area contributed by atoms with E-state index < -0.39 is 0 Å². The second-order valence-corrected chi connectivity index (χ2v) is 5.39. The first-order chi connectivity index (χ1) is 8.48. The van der Waals surface area contributed by atoms with Gasteiger partial charge in [0.1, 0.15) is 0 Å². The van der Waals surface area contributed by atoms with Crippen LogP contribution in [0.25, 0.3) is 0 Å². The lowest BCUT2D eigenvalue weighted by molar-refractivity contribution is -0.0794. The number of hydrogen-bond acceptors (Lipinski definition) is 4. The van der Waals surface area contributed by atoms with Crippen molar-refractivity contribution in [3.63, 3.8) is 0 Å². The SMILES string of the molecule is COC1CC(Nc2cc(C#N)ccc2N)C1(C)C. The summed E-state index contributed by atoms with van der Waals surface area (Å²) < 4.78 is 5.42. The summed E-state index contributed by atoms with van der Waals surface area (Å²) in [7, 11) is 1.74. The normalized spacial score (nSPS) is 25.0. The summed E-state index contributed by atoms with van der Waals surface area (Å²) >= 11 is 0. The Morgan fingerprint density at radius 1 is 1.50 bits per heavy atom. The summed E-state index contributed by atoms with van der Waals surface area (Å²) in [5, 5.41) is 12.3. The average molecular weight is 245 g/mol. The molecule has 0 aliphatic heterocycles. The summed E-state index contributed by atoms with van der Waals surface area (Å²) in [4.78, 5) is 0. The summed E-state index contributed by atoms with van der Waals surface area (Å²) in [5.41, 5.74) is 8.12. The standard InChI is InChI=1S/C14H19N3O/c1-14(2)12(7-13(14)18-3)17-11-6-9(8-15)4-5-10(11)16/h4-6,12-13,17H,7,16H2,1-3H3. The largest absolute Gasteiger partial charge is 0.397 e. The van der Waals surface area contributed by atoms with Crippen LogP contribution in [0, 0.1) is 16.7 Å². The van der Waals surface area contributed by atoms with Crippen molar-refractivity contribution in [3.05, 3.63) is 23.8 Å². The molecule has 0 saturated heterocycles. The topological polar surface area (TPSA) is 71.1 Å². The van der Waals surface area contributed by atoms with E-state index in [-0.39, 0.29) is 11.5 Å². The molecule has 1 aliphatic carbocycles. The van der Waals surface area contributed by atoms with Crippen molar-refractivity contribution in [1.29, 1.82) is 5.26 Å². The zero-order valence-corrected chi connectivity index (χ0v) is 11.0. The van der Waals surface area contributed by atoms with Crippen LogP contribution in [0.1, 0.15) is 25.8 Å². The quantitative estimate of drug-likeness (QED) is 0.802. The Balaban J connectivity index is 2.14. The van der Waals surface area contributed by atoms with Gasteiger partial charge in [0.15, 0.2) is 0 Å². The smallest absolute Gasteiger partial charge is 0.0992 e. The molecule has 1 aromatic carbocycles. The van der Waals surface area contributed by atoms with Crippen LogP contribution in [-0.4, -0.2) is 19.3 Å². The second kappa shape index (κ2) is 4.51. The number of nitrogen functional groups attached to an aromatic ring is 1. The van der Waals surface area contributed by atoms with Crippen LogP contribution >= 0.6 is 0 Å². The van der Waals surface area contributed by atoms with Crippen molar-refractivity contribution in [2.45, 2.75) is 32.4 Å². The molecule has 0 heterocycles. The van der Waals surface area contributed by atoms with Crippen LogP contribution in [0.4, 0.5) is 11.4 Å². The molecule has 1 fully saturated rings. The molecule has 0 spiro atoms. The third kappa shape index (κ3) is 2.02. The number of rotatable bonds is 3. The maximum atomic E-state index is 8.90. The molecule has 1 aromatic rings. The summed E-state index contributed by atoms with van der Waals surface area (Å²) in [5.74, 6) is 0. The minimum absolute atomic E-state index is 0.0733. The molecule has 0 bridgehead atoms. The second-order valence-electron chi connectivity index (χ2n) is 5.39. The average Bonchev–Trinajstić information content (AvgIpc) is 2.35. The Bertz CT molecular complexity index is 490. The Hall–Kier alpha value is -1.73. The third-order valence-electron chi connectivity index (χ3n) is 3.97. The molecule has 0 amide bonds. The van der Waals surface area contributed by atoms with Gasteiger partial charge in [0.05, 0.1) is 29.1 Å². The molecule has 1 aliphatic rings. The predicted octanol–water partition coefficient (Wildman–Crippen LogP) is 2.37. The molecular formula is C14H19N3O. The van der Waals surface area contributed by atoms with Crippen LogP contribution < -0.4 is 11.1 Å². The zero-order valence-electron chi connectivity index (χ0n) is 11.0. The first-order valence-corrected chi connectivity index (χ1v) is 6.08. The molecule has 18 heavy (non-hydrogen) atoms. The molecule has 0 aromatic heterocycles. The maximum Gasteiger partial charge on any atom is 0.0992 e. The number of benzene rings is 1. The first-order valence-electron chi connectivity index (χ1n) is 6.08. The third-order valence-corrected chi connectivity index (χ3v) is 3.97. The van der Waals surface area contributed by atoms with Crippen molar-refractivity contribution in [1.82, 2.24) is 0 Å². The van der Waals surface area contributed by atoms with E-state index in [9.17, 15) is 0 Å². The highest BCUT2D eigenvalue weighted by Gasteiger charge is 2.48. The monoisotopic (exact) mass is 245 g/mol. The number of ether oxygens (including phenoxy) is 1. The number of nitrogens with one attached hydrogen (secondary N) is 1. The molecule has 2 rings (SSSR count). The minimum Gasteiger partial charge on any atom is -0.397 e. The molecule has 96 valence electrons. The van der Waals surface area contributed by atoms with Gasteiger partial charge in [0, 0.05) is 18.6 Å². The predicted molar refractivity (Wildman–Crippen MR) is 72.2 cm³/mol. The number of nitrogens with two attached hydrogens (primary N) is 1. The van der Waals surface area contributed by atoms with Crippen LogP contribution in [0.5, 0.6) is 0 Å². The van der Waals surface area contributed by atoms with Crippen molar-refractivity contribution in [3.8, 4) is 6.07 Å². The Morgan fingerprint density at radius 2 is 2.22 bits per heavy atom. The van der Waals surface area contributed by atoms with E-state index in [1.165, 1.54) is 0 Å². The van der Waals surface area contributed by atoms with E-state index in [0.717, 1.165) is 12.1 Å². The van der Waals surface area contributed by atoms with Crippen molar-refractivity contribution in [2.75, 3.05) is 18.2 Å². The van der Waals surface area contributed by atoms with Crippen molar-refractivity contribution in [2.24, 2.45) is 5.41 Å². The van der Waals surface area contributed by atoms with Gasteiger partial charge in [-0.1, -0.05) is 13.8 Å². The fraction of sp³-hybridized carbons (Fsp3) is 0.500. The van der Waals surface area contributed by atoms with Crippen LogP contribution in [0.3, 0.4) is 0 Å². The maximum absolute atomic E-state index is 8.90. The fourth-order valence-electron chi connectivity index (χ4n) is 2.47. The number of nitriles is 1. The Morgan fingerprint density at radius 3 is 2.78 bits per heavy atom. The van der Waals surface area contributed by atoms with Gasteiger partial charge in [-0.05, 0) is 24.6 Å². The van der Waals surface area contributed by atoms with Crippen LogP contribution in [0.15, 0.2) is 18.2 Å². The Kier molecular flexibility index (Phi) is 3.18. The number of anilines is 2. The van der Waals surface area contributed by atoms with E-state index in [1.54, 1.807) is 25.3 Å². The first kappa shape index (κ1) is 12.7. The van der Waals surface area contributed by atoms with Gasteiger partial charge in [-0.2, -0.15) is 5.26 Å². The molecular weight excluding hydrogens is 226 g/mol. The molecule has 0 radical (unpaired) electrons. The highest BCUT2D eigenvalue weighted by Crippen LogP contribution is 2.44. The van der Waals surface area contributed by atoms with Gasteiger partial charge < -0.3 is 15.8 Å². The summed E-state index contributed by atoms with van der Waals surface area (Å²) in [6, 6.07) is 7.73. The van der Waals surface area contributed by atoms with E-state index in [4.69, 9.17) is 15.7 Å². The highest BCUT2D eigenvalue weighted by atomic mass is 16.5. The molecule has 2 unspecified atom stereocenters. The van der Waals surface area contributed by atoms with Gasteiger partial charge in [-0.3, -0.25) is 0 Å². The van der Waals surface area contributed by atoms with Gasteiger partial charge in [0.25, 0.3) is 0 Å². The van der Waals surface area contributed by atoms with Crippen LogP contribution in [0.2, 0.25) is 0 Å². The number of methoxy groups -OCH3 is 1. The molecule has 3 N–H and O–H groups in total. The van der Waals surface area contributed by atoms with Crippen molar-refractivity contribution >= 4 is 11.4 Å². The summed E-state index contributed by atoms with van der Waals surface area (Å²) in [6.45, 7) is 4.35. The molecule has 4 heteroatoms. The lowest BCUT2D eigenvalue weighted by Crippen LogP contribution is -2.57.